The lowest BCUT2D eigenvalue weighted by Gasteiger charge is -2.09. The van der Waals surface area contributed by atoms with E-state index < -0.39 is 0 Å². The highest BCUT2D eigenvalue weighted by molar-refractivity contribution is 5.45. The Morgan fingerprint density at radius 1 is 1.50 bits per heavy atom. The van der Waals surface area contributed by atoms with Gasteiger partial charge in [-0.25, -0.2) is 0 Å². The maximum Gasteiger partial charge on any atom is 0.124 e. The third-order valence-electron chi connectivity index (χ3n) is 1.89. The van der Waals surface area contributed by atoms with Crippen molar-refractivity contribution in [3.8, 4) is 11.5 Å². The standard InChI is InChI=1S/C11H14O3/c1-3-4-14-10-5-8(2)11(13)9(6-10)7-12/h3,5-6,12-13H,1,4,7H2,2H3. The summed E-state index contributed by atoms with van der Waals surface area (Å²) in [7, 11) is 0. The van der Waals surface area contributed by atoms with Crippen molar-refractivity contribution in [1.82, 2.24) is 0 Å². The van der Waals surface area contributed by atoms with Gasteiger partial charge >= 0.3 is 0 Å². The van der Waals surface area contributed by atoms with Gasteiger partial charge in [-0.2, -0.15) is 0 Å². The molecule has 0 saturated carbocycles. The first-order chi connectivity index (χ1) is 6.69. The molecule has 1 aromatic carbocycles. The summed E-state index contributed by atoms with van der Waals surface area (Å²) in [4.78, 5) is 0. The summed E-state index contributed by atoms with van der Waals surface area (Å²) in [5, 5.41) is 18.5. The lowest BCUT2D eigenvalue weighted by molar-refractivity contribution is 0.273. The van der Waals surface area contributed by atoms with Crippen LogP contribution in [0.1, 0.15) is 11.1 Å². The number of phenols is 1. The van der Waals surface area contributed by atoms with Gasteiger partial charge in [-0.1, -0.05) is 12.7 Å². The molecule has 0 aliphatic heterocycles. The zero-order valence-corrected chi connectivity index (χ0v) is 8.16. The van der Waals surface area contributed by atoms with E-state index in [-0.39, 0.29) is 12.4 Å². The minimum absolute atomic E-state index is 0.124. The second-order valence-corrected chi connectivity index (χ2v) is 3.01. The minimum atomic E-state index is -0.196. The van der Waals surface area contributed by atoms with Gasteiger partial charge in [-0.3, -0.25) is 0 Å². The Morgan fingerprint density at radius 2 is 2.21 bits per heavy atom. The van der Waals surface area contributed by atoms with Crippen LogP contribution in [0, 0.1) is 6.92 Å². The van der Waals surface area contributed by atoms with Crippen LogP contribution in [-0.2, 0) is 6.61 Å². The molecule has 76 valence electrons. The summed E-state index contributed by atoms with van der Waals surface area (Å²) < 4.78 is 5.29. The van der Waals surface area contributed by atoms with Crippen molar-refractivity contribution in [3.63, 3.8) is 0 Å². The molecule has 0 aliphatic carbocycles. The Hall–Kier alpha value is -1.48. The fourth-order valence-electron chi connectivity index (χ4n) is 1.18. The molecule has 0 amide bonds. The molecule has 0 bridgehead atoms. The smallest absolute Gasteiger partial charge is 0.124 e. The van der Waals surface area contributed by atoms with Gasteiger partial charge in [0.25, 0.3) is 0 Å². The van der Waals surface area contributed by atoms with Crippen LogP contribution in [0.3, 0.4) is 0 Å². The Bertz CT molecular complexity index is 332. The predicted molar refractivity (Wildman–Crippen MR) is 54.5 cm³/mol. The lowest BCUT2D eigenvalue weighted by atomic mass is 10.1. The van der Waals surface area contributed by atoms with E-state index in [1.54, 1.807) is 25.1 Å². The highest BCUT2D eigenvalue weighted by Gasteiger charge is 2.06. The van der Waals surface area contributed by atoms with Crippen molar-refractivity contribution >= 4 is 0 Å². The van der Waals surface area contributed by atoms with Crippen LogP contribution in [0.25, 0.3) is 0 Å². The number of hydrogen-bond acceptors (Lipinski definition) is 3. The molecule has 0 radical (unpaired) electrons. The number of hydrogen-bond donors (Lipinski definition) is 2. The van der Waals surface area contributed by atoms with E-state index in [1.807, 2.05) is 0 Å². The van der Waals surface area contributed by atoms with Crippen LogP contribution >= 0.6 is 0 Å². The van der Waals surface area contributed by atoms with Crippen LogP contribution < -0.4 is 4.74 Å². The fourth-order valence-corrected chi connectivity index (χ4v) is 1.18. The monoisotopic (exact) mass is 194 g/mol. The van der Waals surface area contributed by atoms with E-state index in [9.17, 15) is 5.11 Å². The van der Waals surface area contributed by atoms with Crippen molar-refractivity contribution < 1.29 is 14.9 Å². The first kappa shape index (κ1) is 10.6. The molecule has 0 aliphatic rings. The molecule has 14 heavy (non-hydrogen) atoms. The third kappa shape index (κ3) is 2.26. The molecular formula is C11H14O3. The Kier molecular flexibility index (Phi) is 3.54. The molecule has 0 heterocycles. The highest BCUT2D eigenvalue weighted by atomic mass is 16.5. The number of aromatic hydroxyl groups is 1. The summed E-state index contributed by atoms with van der Waals surface area (Å²) in [5.74, 6) is 0.753. The highest BCUT2D eigenvalue weighted by Crippen LogP contribution is 2.27. The average Bonchev–Trinajstić information content (AvgIpc) is 2.19. The summed E-state index contributed by atoms with van der Waals surface area (Å²) in [5.41, 5.74) is 1.17. The van der Waals surface area contributed by atoms with E-state index in [1.165, 1.54) is 0 Å². The largest absolute Gasteiger partial charge is 0.507 e. The second kappa shape index (κ2) is 4.67. The van der Waals surface area contributed by atoms with Crippen molar-refractivity contribution in [2.45, 2.75) is 13.5 Å². The van der Waals surface area contributed by atoms with Crippen LogP contribution in [0.5, 0.6) is 11.5 Å². The van der Waals surface area contributed by atoms with Gasteiger partial charge in [0.1, 0.15) is 18.1 Å². The van der Waals surface area contributed by atoms with Crippen LogP contribution in [0.4, 0.5) is 0 Å². The number of ether oxygens (including phenoxy) is 1. The van der Waals surface area contributed by atoms with Crippen molar-refractivity contribution in [1.29, 1.82) is 0 Å². The van der Waals surface area contributed by atoms with Crippen molar-refractivity contribution in [2.24, 2.45) is 0 Å². The molecule has 1 aromatic rings. The number of aryl methyl sites for hydroxylation is 1. The molecule has 1 rings (SSSR count). The van der Waals surface area contributed by atoms with Crippen LogP contribution in [0.2, 0.25) is 0 Å². The summed E-state index contributed by atoms with van der Waals surface area (Å²) >= 11 is 0. The first-order valence-electron chi connectivity index (χ1n) is 4.36. The zero-order chi connectivity index (χ0) is 10.6. The summed E-state index contributed by atoms with van der Waals surface area (Å²) in [6.07, 6.45) is 1.64. The quantitative estimate of drug-likeness (QED) is 0.718. The molecule has 3 nitrogen and oxygen atoms in total. The van der Waals surface area contributed by atoms with Crippen LogP contribution in [-0.4, -0.2) is 16.8 Å². The van der Waals surface area contributed by atoms with E-state index in [4.69, 9.17) is 9.84 Å². The molecular weight excluding hydrogens is 180 g/mol. The Labute approximate surface area is 83.3 Å². The molecule has 0 saturated heterocycles. The third-order valence-corrected chi connectivity index (χ3v) is 1.89. The topological polar surface area (TPSA) is 49.7 Å². The lowest BCUT2D eigenvalue weighted by Crippen LogP contribution is -1.95. The molecule has 0 unspecified atom stereocenters. The van der Waals surface area contributed by atoms with Gasteiger partial charge < -0.3 is 14.9 Å². The number of aliphatic hydroxyl groups is 1. The Balaban J connectivity index is 2.97. The van der Waals surface area contributed by atoms with Gasteiger partial charge in [0.2, 0.25) is 0 Å². The minimum Gasteiger partial charge on any atom is -0.507 e. The van der Waals surface area contributed by atoms with E-state index in [2.05, 4.69) is 6.58 Å². The normalized spacial score (nSPS) is 9.86. The second-order valence-electron chi connectivity index (χ2n) is 3.01. The molecule has 3 heteroatoms. The zero-order valence-electron chi connectivity index (χ0n) is 8.16. The average molecular weight is 194 g/mol. The van der Waals surface area contributed by atoms with E-state index in [0.29, 0.717) is 23.5 Å². The van der Waals surface area contributed by atoms with Crippen molar-refractivity contribution in [2.75, 3.05) is 6.61 Å². The molecule has 0 spiro atoms. The molecule has 0 aromatic heterocycles. The SMILES string of the molecule is C=CCOc1cc(C)c(O)c(CO)c1. The maximum absolute atomic E-state index is 9.51. The molecule has 2 N–H and O–H groups in total. The first-order valence-corrected chi connectivity index (χ1v) is 4.36. The van der Waals surface area contributed by atoms with Gasteiger partial charge in [-0.15, -0.1) is 0 Å². The van der Waals surface area contributed by atoms with E-state index >= 15 is 0 Å². The predicted octanol–water partition coefficient (Wildman–Crippen LogP) is 1.76. The summed E-state index contributed by atoms with van der Waals surface area (Å²) in [6, 6.07) is 3.34. The molecule has 0 fully saturated rings. The number of benzene rings is 1. The molecule has 0 atom stereocenters. The maximum atomic E-state index is 9.51. The van der Waals surface area contributed by atoms with Gasteiger partial charge in [0.05, 0.1) is 6.61 Å². The van der Waals surface area contributed by atoms with Gasteiger partial charge in [0.15, 0.2) is 0 Å². The van der Waals surface area contributed by atoms with Crippen LogP contribution in [0.15, 0.2) is 24.8 Å². The van der Waals surface area contributed by atoms with E-state index in [0.717, 1.165) is 0 Å². The van der Waals surface area contributed by atoms with Crippen molar-refractivity contribution in [3.05, 3.63) is 35.9 Å². The Morgan fingerprint density at radius 3 is 2.79 bits per heavy atom. The number of aliphatic hydroxyl groups excluding tert-OH is 1. The van der Waals surface area contributed by atoms with Gasteiger partial charge in [0, 0.05) is 5.56 Å². The summed E-state index contributed by atoms with van der Waals surface area (Å²) in [6.45, 7) is 5.51. The number of rotatable bonds is 4. The van der Waals surface area contributed by atoms with Gasteiger partial charge in [-0.05, 0) is 24.6 Å². The fraction of sp³-hybridized carbons (Fsp3) is 0.273.